The molecule has 1 amide bonds. The highest BCUT2D eigenvalue weighted by Crippen LogP contribution is 2.28. The van der Waals surface area contributed by atoms with Crippen molar-refractivity contribution in [2.24, 2.45) is 0 Å². The molecule has 7 nitrogen and oxygen atoms in total. The van der Waals surface area contributed by atoms with Gasteiger partial charge in [0.2, 0.25) is 0 Å². The van der Waals surface area contributed by atoms with Gasteiger partial charge in [0.1, 0.15) is 0 Å². The normalized spacial score (nSPS) is 12.1. The van der Waals surface area contributed by atoms with E-state index < -0.39 is 9.84 Å². The lowest BCUT2D eigenvalue weighted by molar-refractivity contribution is -0.123. The van der Waals surface area contributed by atoms with Crippen LogP contribution in [0.1, 0.15) is 35.8 Å². The van der Waals surface area contributed by atoms with Crippen molar-refractivity contribution in [1.82, 2.24) is 5.32 Å². The summed E-state index contributed by atoms with van der Waals surface area (Å²) in [7, 11) is -1.81. The van der Waals surface area contributed by atoms with Gasteiger partial charge in [-0.3, -0.25) is 9.59 Å². The highest BCUT2D eigenvalue weighted by atomic mass is 32.2. The zero-order valence-corrected chi connectivity index (χ0v) is 17.0. The standard InChI is InChI=1S/C20H23NO6S/c1-13(15-5-8-17(9-6-15)28(4,24)25)21-20(23)12-27-18-10-7-16(14(2)22)11-19(18)26-3/h5-11,13H,12H2,1-4H3,(H,21,23). The van der Waals surface area contributed by atoms with E-state index in [1.54, 1.807) is 37.3 Å². The van der Waals surface area contributed by atoms with Crippen LogP contribution in [0.25, 0.3) is 0 Å². The molecule has 0 spiro atoms. The van der Waals surface area contributed by atoms with E-state index in [1.807, 2.05) is 0 Å². The molecule has 1 unspecified atom stereocenters. The maximum Gasteiger partial charge on any atom is 0.258 e. The van der Waals surface area contributed by atoms with Gasteiger partial charge in [-0.2, -0.15) is 0 Å². The first kappa shape index (κ1) is 21.4. The lowest BCUT2D eigenvalue weighted by Gasteiger charge is -2.16. The van der Waals surface area contributed by atoms with E-state index >= 15 is 0 Å². The predicted octanol–water partition coefficient (Wildman–Crippen LogP) is 2.56. The van der Waals surface area contributed by atoms with Crippen LogP contribution in [-0.4, -0.2) is 40.1 Å². The minimum atomic E-state index is -3.26. The van der Waals surface area contributed by atoms with Gasteiger partial charge in [0.05, 0.1) is 18.0 Å². The molecule has 1 N–H and O–H groups in total. The lowest BCUT2D eigenvalue weighted by Crippen LogP contribution is -2.31. The van der Waals surface area contributed by atoms with Gasteiger partial charge in [-0.1, -0.05) is 12.1 Å². The fourth-order valence-corrected chi connectivity index (χ4v) is 3.15. The number of methoxy groups -OCH3 is 1. The quantitative estimate of drug-likeness (QED) is 0.678. The average Bonchev–Trinajstić information content (AvgIpc) is 2.65. The summed E-state index contributed by atoms with van der Waals surface area (Å²) in [5.41, 5.74) is 1.25. The van der Waals surface area contributed by atoms with Crippen LogP contribution in [0.2, 0.25) is 0 Å². The summed E-state index contributed by atoms with van der Waals surface area (Å²) in [5, 5.41) is 2.78. The van der Waals surface area contributed by atoms with Gasteiger partial charge in [0.15, 0.2) is 33.7 Å². The number of Topliss-reactive ketones (excluding diaryl/α,β-unsaturated/α-hetero) is 1. The maximum absolute atomic E-state index is 12.2. The number of benzene rings is 2. The van der Waals surface area contributed by atoms with Crippen LogP contribution in [-0.2, 0) is 14.6 Å². The van der Waals surface area contributed by atoms with Crippen LogP contribution in [0.15, 0.2) is 47.4 Å². The van der Waals surface area contributed by atoms with Crippen molar-refractivity contribution < 1.29 is 27.5 Å². The number of amides is 1. The van der Waals surface area contributed by atoms with Gasteiger partial charge in [-0.25, -0.2) is 8.42 Å². The van der Waals surface area contributed by atoms with Crippen LogP contribution < -0.4 is 14.8 Å². The lowest BCUT2D eigenvalue weighted by atomic mass is 10.1. The van der Waals surface area contributed by atoms with E-state index in [0.717, 1.165) is 11.8 Å². The molecule has 0 aliphatic rings. The SMILES string of the molecule is COc1cc(C(C)=O)ccc1OCC(=O)NC(C)c1ccc(S(C)(=O)=O)cc1. The number of carbonyl (C=O) groups excluding carboxylic acids is 2. The molecule has 0 aliphatic carbocycles. The highest BCUT2D eigenvalue weighted by Gasteiger charge is 2.14. The van der Waals surface area contributed by atoms with Gasteiger partial charge >= 0.3 is 0 Å². The Hall–Kier alpha value is -2.87. The second-order valence-electron chi connectivity index (χ2n) is 6.34. The van der Waals surface area contributed by atoms with Gasteiger partial charge in [-0.15, -0.1) is 0 Å². The molecular weight excluding hydrogens is 382 g/mol. The summed E-state index contributed by atoms with van der Waals surface area (Å²) < 4.78 is 33.7. The first-order chi connectivity index (χ1) is 13.1. The van der Waals surface area contributed by atoms with Gasteiger partial charge in [-0.05, 0) is 49.7 Å². The molecule has 0 bridgehead atoms. The molecule has 0 saturated heterocycles. The van der Waals surface area contributed by atoms with Crippen molar-refractivity contribution in [3.05, 3.63) is 53.6 Å². The fourth-order valence-electron chi connectivity index (χ4n) is 2.52. The Kier molecular flexibility index (Phi) is 6.80. The smallest absolute Gasteiger partial charge is 0.258 e. The molecular formula is C20H23NO6S. The van der Waals surface area contributed by atoms with Gasteiger partial charge in [0.25, 0.3) is 5.91 Å². The van der Waals surface area contributed by atoms with Crippen molar-refractivity contribution in [2.75, 3.05) is 20.0 Å². The maximum atomic E-state index is 12.2. The third-order valence-corrected chi connectivity index (χ3v) is 5.24. The summed E-state index contributed by atoms with van der Waals surface area (Å²) in [6.07, 6.45) is 1.14. The Morgan fingerprint density at radius 3 is 2.25 bits per heavy atom. The number of carbonyl (C=O) groups is 2. The summed E-state index contributed by atoms with van der Waals surface area (Å²) in [6, 6.07) is 10.7. The molecule has 0 aromatic heterocycles. The Bertz CT molecular complexity index is 967. The second-order valence-corrected chi connectivity index (χ2v) is 8.36. The monoisotopic (exact) mass is 405 g/mol. The van der Waals surface area contributed by atoms with Crippen molar-refractivity contribution >= 4 is 21.5 Å². The molecule has 2 aromatic rings. The number of nitrogens with one attached hydrogen (secondary N) is 1. The third kappa shape index (κ3) is 5.56. The predicted molar refractivity (Wildman–Crippen MR) is 105 cm³/mol. The zero-order valence-electron chi connectivity index (χ0n) is 16.2. The molecule has 0 heterocycles. The van der Waals surface area contributed by atoms with E-state index in [-0.39, 0.29) is 29.2 Å². The fraction of sp³-hybridized carbons (Fsp3) is 0.300. The second kappa shape index (κ2) is 8.88. The average molecular weight is 405 g/mol. The van der Waals surface area contributed by atoms with Crippen molar-refractivity contribution in [3.63, 3.8) is 0 Å². The number of ether oxygens (including phenoxy) is 2. The highest BCUT2D eigenvalue weighted by molar-refractivity contribution is 7.90. The summed E-state index contributed by atoms with van der Waals surface area (Å²) >= 11 is 0. The molecule has 1 atom stereocenters. The molecule has 8 heteroatoms. The first-order valence-electron chi connectivity index (χ1n) is 8.53. The molecule has 0 radical (unpaired) electrons. The minimum Gasteiger partial charge on any atom is -0.493 e. The molecule has 150 valence electrons. The number of sulfone groups is 1. The van der Waals surface area contributed by atoms with E-state index in [4.69, 9.17) is 9.47 Å². The van der Waals surface area contributed by atoms with Crippen molar-refractivity contribution in [3.8, 4) is 11.5 Å². The Morgan fingerprint density at radius 1 is 1.07 bits per heavy atom. The first-order valence-corrected chi connectivity index (χ1v) is 10.4. The van der Waals surface area contributed by atoms with Crippen LogP contribution in [0, 0.1) is 0 Å². The largest absolute Gasteiger partial charge is 0.493 e. The van der Waals surface area contributed by atoms with Crippen LogP contribution in [0.3, 0.4) is 0 Å². The molecule has 0 aliphatic heterocycles. The van der Waals surface area contributed by atoms with Gasteiger partial charge in [0, 0.05) is 11.8 Å². The zero-order chi connectivity index (χ0) is 20.9. The molecule has 0 saturated carbocycles. The topological polar surface area (TPSA) is 98.8 Å². The van der Waals surface area contributed by atoms with E-state index in [9.17, 15) is 18.0 Å². The Morgan fingerprint density at radius 2 is 1.71 bits per heavy atom. The summed E-state index contributed by atoms with van der Waals surface area (Å²) in [5.74, 6) is 0.272. The summed E-state index contributed by atoms with van der Waals surface area (Å²) in [4.78, 5) is 23.8. The third-order valence-electron chi connectivity index (χ3n) is 4.11. The molecule has 0 fully saturated rings. The van der Waals surface area contributed by atoms with E-state index in [1.165, 1.54) is 26.2 Å². The van der Waals surface area contributed by atoms with E-state index in [2.05, 4.69) is 5.32 Å². The van der Waals surface area contributed by atoms with E-state index in [0.29, 0.717) is 17.1 Å². The molecule has 2 aromatic carbocycles. The minimum absolute atomic E-state index is 0.0988. The number of ketones is 1. The number of rotatable bonds is 8. The van der Waals surface area contributed by atoms with Gasteiger partial charge < -0.3 is 14.8 Å². The Labute approximate surface area is 164 Å². The Balaban J connectivity index is 1.98. The van der Waals surface area contributed by atoms with Crippen LogP contribution >= 0.6 is 0 Å². The number of hydrogen-bond acceptors (Lipinski definition) is 6. The van der Waals surface area contributed by atoms with Crippen LogP contribution in [0.4, 0.5) is 0 Å². The van der Waals surface area contributed by atoms with Crippen molar-refractivity contribution in [2.45, 2.75) is 24.8 Å². The van der Waals surface area contributed by atoms with Crippen molar-refractivity contribution in [1.29, 1.82) is 0 Å². The molecule has 28 heavy (non-hydrogen) atoms. The molecule has 2 rings (SSSR count). The summed E-state index contributed by atoms with van der Waals surface area (Å²) in [6.45, 7) is 3.00. The van der Waals surface area contributed by atoms with Crippen LogP contribution in [0.5, 0.6) is 11.5 Å². The number of hydrogen-bond donors (Lipinski definition) is 1.